The standard InChI is InChI=1S/C24H28N4O5S/c1-14(13-24(3,4)5)25-15(2)21(29)26-23-27-22(30)20(34-23)12-16-10-11-19(33-16)17-8-6-7-9-18(17)28(31)32/h6-12,14-15,25H,13H2,1-5H3,(H,26,27,29,30)/b20-12-/t14?,15-/m0/s1. The van der Waals surface area contributed by atoms with Gasteiger partial charge in [0.2, 0.25) is 5.91 Å². The molecule has 0 saturated carbocycles. The Morgan fingerprint density at radius 2 is 1.94 bits per heavy atom. The third-order valence-corrected chi connectivity index (χ3v) is 5.86. The molecule has 2 heterocycles. The van der Waals surface area contributed by atoms with Crippen molar-refractivity contribution in [2.75, 3.05) is 0 Å². The van der Waals surface area contributed by atoms with Gasteiger partial charge in [-0.25, -0.2) is 0 Å². The fraction of sp³-hybridized carbons (Fsp3) is 0.375. The van der Waals surface area contributed by atoms with Crippen molar-refractivity contribution in [3.63, 3.8) is 0 Å². The van der Waals surface area contributed by atoms with E-state index in [-0.39, 0.29) is 33.1 Å². The van der Waals surface area contributed by atoms with E-state index in [0.29, 0.717) is 17.1 Å². The second kappa shape index (κ2) is 10.4. The lowest BCUT2D eigenvalue weighted by Gasteiger charge is -2.26. The molecule has 0 saturated heterocycles. The van der Waals surface area contributed by atoms with Crippen molar-refractivity contribution in [1.29, 1.82) is 0 Å². The molecule has 2 aromatic rings. The van der Waals surface area contributed by atoms with E-state index in [2.05, 4.69) is 36.4 Å². The van der Waals surface area contributed by atoms with Crippen LogP contribution in [-0.2, 0) is 9.59 Å². The summed E-state index contributed by atoms with van der Waals surface area (Å²) in [6.45, 7) is 10.2. The van der Waals surface area contributed by atoms with Gasteiger partial charge in [-0.2, -0.15) is 4.99 Å². The lowest BCUT2D eigenvalue weighted by Crippen LogP contribution is -2.47. The van der Waals surface area contributed by atoms with Gasteiger partial charge < -0.3 is 15.1 Å². The van der Waals surface area contributed by atoms with Crippen molar-refractivity contribution in [3.8, 4) is 11.3 Å². The molecule has 0 radical (unpaired) electrons. The number of furan rings is 1. The first-order valence-corrected chi connectivity index (χ1v) is 11.7. The van der Waals surface area contributed by atoms with Crippen molar-refractivity contribution in [2.45, 2.75) is 53.1 Å². The fourth-order valence-electron chi connectivity index (χ4n) is 3.70. The lowest BCUT2D eigenvalue weighted by atomic mass is 9.88. The number of nitro groups is 1. The van der Waals surface area contributed by atoms with Gasteiger partial charge in [-0.15, -0.1) is 0 Å². The number of aliphatic imine (C=N–C) groups is 1. The topological polar surface area (TPSA) is 127 Å². The minimum atomic E-state index is -0.495. The summed E-state index contributed by atoms with van der Waals surface area (Å²) < 4.78 is 5.71. The summed E-state index contributed by atoms with van der Waals surface area (Å²) >= 11 is 1.03. The van der Waals surface area contributed by atoms with E-state index in [1.165, 1.54) is 12.1 Å². The monoisotopic (exact) mass is 484 g/mol. The van der Waals surface area contributed by atoms with Crippen molar-refractivity contribution in [3.05, 3.63) is 57.2 Å². The third-order valence-electron chi connectivity index (χ3n) is 4.96. The summed E-state index contributed by atoms with van der Waals surface area (Å²) in [5.74, 6) is -0.116. The van der Waals surface area contributed by atoms with Crippen LogP contribution in [0.15, 0.2) is 50.7 Å². The maximum absolute atomic E-state index is 12.5. The van der Waals surface area contributed by atoms with Gasteiger partial charge in [0.25, 0.3) is 11.6 Å². The molecule has 9 nitrogen and oxygen atoms in total. The van der Waals surface area contributed by atoms with Gasteiger partial charge in [-0.3, -0.25) is 19.7 Å². The number of benzene rings is 1. The summed E-state index contributed by atoms with van der Waals surface area (Å²) in [7, 11) is 0. The van der Waals surface area contributed by atoms with Gasteiger partial charge in [0, 0.05) is 18.2 Å². The number of hydrogen-bond donors (Lipinski definition) is 2. The first-order chi connectivity index (χ1) is 15.9. The molecular formula is C24H28N4O5S. The summed E-state index contributed by atoms with van der Waals surface area (Å²) in [5.41, 5.74) is 0.404. The Morgan fingerprint density at radius 3 is 2.62 bits per heavy atom. The first kappa shape index (κ1) is 25.4. The number of amidine groups is 1. The van der Waals surface area contributed by atoms with Crippen LogP contribution in [0.5, 0.6) is 0 Å². The van der Waals surface area contributed by atoms with E-state index < -0.39 is 16.9 Å². The van der Waals surface area contributed by atoms with Crippen molar-refractivity contribution >= 4 is 40.5 Å². The molecule has 180 valence electrons. The van der Waals surface area contributed by atoms with E-state index in [4.69, 9.17) is 4.42 Å². The number of amides is 2. The quantitative estimate of drug-likeness (QED) is 0.330. The predicted octanol–water partition coefficient (Wildman–Crippen LogP) is 4.74. The number of para-hydroxylation sites is 1. The molecule has 0 bridgehead atoms. The molecule has 1 aromatic carbocycles. The zero-order chi connectivity index (χ0) is 25.0. The Labute approximate surface area is 202 Å². The minimum Gasteiger partial charge on any atom is -0.456 e. The SMILES string of the molecule is CC(CC(C)(C)C)N[C@@H](C)C(=O)NC1=NC(=O)/C(=C/c2ccc(-c3ccccc3[N+](=O)[O-])o2)S1. The summed E-state index contributed by atoms with van der Waals surface area (Å²) in [4.78, 5) is 39.8. The number of thioether (sulfide) groups is 1. The van der Waals surface area contributed by atoms with Crippen LogP contribution in [0.1, 0.15) is 46.8 Å². The van der Waals surface area contributed by atoms with E-state index in [1.807, 2.05) is 6.92 Å². The fourth-order valence-corrected chi connectivity index (χ4v) is 4.50. The number of nitro benzene ring substituents is 1. The molecule has 2 N–H and O–H groups in total. The van der Waals surface area contributed by atoms with Crippen LogP contribution in [0.2, 0.25) is 0 Å². The van der Waals surface area contributed by atoms with Gasteiger partial charge in [-0.05, 0) is 55.6 Å². The average molecular weight is 485 g/mol. The molecule has 1 aromatic heterocycles. The maximum atomic E-state index is 12.5. The Kier molecular flexibility index (Phi) is 7.73. The molecule has 0 spiro atoms. The van der Waals surface area contributed by atoms with Gasteiger partial charge in [0.1, 0.15) is 11.5 Å². The third kappa shape index (κ3) is 6.64. The first-order valence-electron chi connectivity index (χ1n) is 10.9. The Bertz CT molecular complexity index is 1160. The second-order valence-corrected chi connectivity index (χ2v) is 10.4. The highest BCUT2D eigenvalue weighted by Crippen LogP contribution is 2.33. The highest BCUT2D eigenvalue weighted by Gasteiger charge is 2.26. The molecule has 0 aliphatic carbocycles. The van der Waals surface area contributed by atoms with Crippen LogP contribution in [-0.4, -0.2) is 34.0 Å². The number of carbonyl (C=O) groups is 2. The number of hydrogen-bond acceptors (Lipinski definition) is 7. The predicted molar refractivity (Wildman–Crippen MR) is 133 cm³/mol. The number of nitrogens with zero attached hydrogens (tertiary/aromatic N) is 2. The normalized spacial score (nSPS) is 16.9. The molecule has 0 fully saturated rings. The number of nitrogens with one attached hydrogen (secondary N) is 2. The molecule has 10 heteroatoms. The summed E-state index contributed by atoms with van der Waals surface area (Å²) in [6, 6.07) is 9.16. The van der Waals surface area contributed by atoms with Crippen LogP contribution in [0.25, 0.3) is 17.4 Å². The molecule has 3 rings (SSSR count). The van der Waals surface area contributed by atoms with Crippen LogP contribution >= 0.6 is 11.8 Å². The number of rotatable bonds is 7. The average Bonchev–Trinajstić information content (AvgIpc) is 3.33. The molecule has 2 amide bonds. The van der Waals surface area contributed by atoms with Crippen molar-refractivity contribution < 1.29 is 18.9 Å². The van der Waals surface area contributed by atoms with E-state index in [9.17, 15) is 19.7 Å². The van der Waals surface area contributed by atoms with E-state index in [1.54, 1.807) is 37.3 Å². The molecule has 1 aliphatic heterocycles. The zero-order valence-electron chi connectivity index (χ0n) is 19.7. The Hall–Kier alpha value is -3.24. The van der Waals surface area contributed by atoms with Gasteiger partial charge in [-0.1, -0.05) is 32.9 Å². The van der Waals surface area contributed by atoms with Gasteiger partial charge in [0.15, 0.2) is 5.17 Å². The molecule has 34 heavy (non-hydrogen) atoms. The highest BCUT2D eigenvalue weighted by atomic mass is 32.2. The van der Waals surface area contributed by atoms with Crippen LogP contribution in [0, 0.1) is 15.5 Å². The molecule has 1 aliphatic rings. The largest absolute Gasteiger partial charge is 0.456 e. The lowest BCUT2D eigenvalue weighted by molar-refractivity contribution is -0.384. The minimum absolute atomic E-state index is 0.0738. The summed E-state index contributed by atoms with van der Waals surface area (Å²) in [6.07, 6.45) is 2.41. The second-order valence-electron chi connectivity index (χ2n) is 9.35. The smallest absolute Gasteiger partial charge is 0.286 e. The maximum Gasteiger partial charge on any atom is 0.286 e. The van der Waals surface area contributed by atoms with Crippen LogP contribution < -0.4 is 10.6 Å². The van der Waals surface area contributed by atoms with Gasteiger partial charge >= 0.3 is 0 Å². The summed E-state index contributed by atoms with van der Waals surface area (Å²) in [5, 5.41) is 17.4. The Morgan fingerprint density at radius 1 is 1.24 bits per heavy atom. The number of carbonyl (C=O) groups excluding carboxylic acids is 2. The molecule has 2 atom stereocenters. The van der Waals surface area contributed by atoms with Gasteiger partial charge in [0.05, 0.1) is 21.4 Å². The van der Waals surface area contributed by atoms with Crippen LogP contribution in [0.4, 0.5) is 5.69 Å². The van der Waals surface area contributed by atoms with Crippen molar-refractivity contribution in [1.82, 2.24) is 10.6 Å². The van der Waals surface area contributed by atoms with Crippen molar-refractivity contribution in [2.24, 2.45) is 10.4 Å². The van der Waals surface area contributed by atoms with Crippen LogP contribution in [0.3, 0.4) is 0 Å². The molecular weight excluding hydrogens is 456 g/mol. The van der Waals surface area contributed by atoms with E-state index in [0.717, 1.165) is 18.2 Å². The zero-order valence-corrected chi connectivity index (χ0v) is 20.6. The Balaban J connectivity index is 1.64. The highest BCUT2D eigenvalue weighted by molar-refractivity contribution is 8.18. The van der Waals surface area contributed by atoms with E-state index >= 15 is 0 Å². The molecule has 1 unspecified atom stereocenters.